The Morgan fingerprint density at radius 3 is 2.86 bits per heavy atom. The molecule has 0 radical (unpaired) electrons. The highest BCUT2D eigenvalue weighted by Crippen LogP contribution is 2.29. The first-order chi connectivity index (χ1) is 10.7. The lowest BCUT2D eigenvalue weighted by Crippen LogP contribution is -2.07. The van der Waals surface area contributed by atoms with Gasteiger partial charge >= 0.3 is 0 Å². The summed E-state index contributed by atoms with van der Waals surface area (Å²) < 4.78 is 10.6. The standard InChI is InChI=1S/C17H21N3O2/c1-21-12-4-3-11(16(9-12)22-2)10-19-17-8-5-13-14(18)6-7-15(13)20-17/h3-5,8-9,14H,6-7,10,18H2,1-2H3,(H,19,20). The molecule has 116 valence electrons. The molecule has 5 nitrogen and oxygen atoms in total. The minimum Gasteiger partial charge on any atom is -0.497 e. The van der Waals surface area contributed by atoms with E-state index < -0.39 is 0 Å². The van der Waals surface area contributed by atoms with Gasteiger partial charge in [0, 0.05) is 29.9 Å². The average molecular weight is 299 g/mol. The molecule has 1 atom stereocenters. The van der Waals surface area contributed by atoms with E-state index in [9.17, 15) is 0 Å². The summed E-state index contributed by atoms with van der Waals surface area (Å²) in [7, 11) is 3.30. The summed E-state index contributed by atoms with van der Waals surface area (Å²) in [5.41, 5.74) is 9.38. The van der Waals surface area contributed by atoms with Gasteiger partial charge in [-0.3, -0.25) is 0 Å². The Kier molecular flexibility index (Phi) is 4.15. The van der Waals surface area contributed by atoms with Crippen molar-refractivity contribution in [2.45, 2.75) is 25.4 Å². The maximum absolute atomic E-state index is 6.04. The van der Waals surface area contributed by atoms with Crippen LogP contribution in [0.2, 0.25) is 0 Å². The van der Waals surface area contributed by atoms with Crippen molar-refractivity contribution in [1.82, 2.24) is 4.98 Å². The van der Waals surface area contributed by atoms with Crippen molar-refractivity contribution in [2.75, 3.05) is 19.5 Å². The molecular formula is C17H21N3O2. The molecule has 0 spiro atoms. The van der Waals surface area contributed by atoms with Gasteiger partial charge in [0.25, 0.3) is 0 Å². The second-order valence-electron chi connectivity index (χ2n) is 5.41. The van der Waals surface area contributed by atoms with Gasteiger partial charge in [0.05, 0.1) is 14.2 Å². The molecule has 3 N–H and O–H groups in total. The molecular weight excluding hydrogens is 278 g/mol. The van der Waals surface area contributed by atoms with Gasteiger partial charge in [-0.05, 0) is 36.6 Å². The number of nitrogens with one attached hydrogen (secondary N) is 1. The highest BCUT2D eigenvalue weighted by molar-refractivity contribution is 5.45. The van der Waals surface area contributed by atoms with Crippen LogP contribution in [0.1, 0.15) is 29.3 Å². The van der Waals surface area contributed by atoms with Crippen LogP contribution in [-0.4, -0.2) is 19.2 Å². The van der Waals surface area contributed by atoms with Crippen LogP contribution in [0.15, 0.2) is 30.3 Å². The fourth-order valence-electron chi connectivity index (χ4n) is 2.78. The summed E-state index contributed by atoms with van der Waals surface area (Å²) in [5, 5.41) is 3.34. The zero-order chi connectivity index (χ0) is 15.5. The summed E-state index contributed by atoms with van der Waals surface area (Å²) in [6.07, 6.45) is 1.94. The quantitative estimate of drug-likeness (QED) is 0.888. The first kappa shape index (κ1) is 14.7. The number of hydrogen-bond donors (Lipinski definition) is 2. The number of aromatic nitrogens is 1. The maximum Gasteiger partial charge on any atom is 0.127 e. The predicted octanol–water partition coefficient (Wildman–Crippen LogP) is 2.66. The van der Waals surface area contributed by atoms with Gasteiger partial charge in [-0.15, -0.1) is 0 Å². The number of rotatable bonds is 5. The first-order valence-corrected chi connectivity index (χ1v) is 7.41. The summed E-state index contributed by atoms with van der Waals surface area (Å²) in [6, 6.07) is 10.0. The molecule has 0 amide bonds. The molecule has 22 heavy (non-hydrogen) atoms. The number of ether oxygens (including phenoxy) is 2. The molecule has 1 aliphatic carbocycles. The van der Waals surface area contributed by atoms with Crippen LogP contribution in [0.25, 0.3) is 0 Å². The van der Waals surface area contributed by atoms with E-state index in [4.69, 9.17) is 15.2 Å². The Labute approximate surface area is 130 Å². The second kappa shape index (κ2) is 6.23. The third-order valence-corrected chi connectivity index (χ3v) is 4.06. The lowest BCUT2D eigenvalue weighted by atomic mass is 10.1. The molecule has 2 aromatic rings. The summed E-state index contributed by atoms with van der Waals surface area (Å²) in [6.45, 7) is 0.644. The van der Waals surface area contributed by atoms with Crippen LogP contribution < -0.4 is 20.5 Å². The van der Waals surface area contributed by atoms with E-state index in [0.29, 0.717) is 6.54 Å². The van der Waals surface area contributed by atoms with Crippen molar-refractivity contribution >= 4 is 5.82 Å². The third kappa shape index (κ3) is 2.85. The second-order valence-corrected chi connectivity index (χ2v) is 5.41. The molecule has 0 bridgehead atoms. The number of nitrogens with two attached hydrogens (primary N) is 1. The zero-order valence-electron chi connectivity index (χ0n) is 12.9. The molecule has 1 aliphatic rings. The van der Waals surface area contributed by atoms with Crippen LogP contribution in [0.5, 0.6) is 11.5 Å². The minimum absolute atomic E-state index is 0.137. The first-order valence-electron chi connectivity index (χ1n) is 7.41. The van der Waals surface area contributed by atoms with Gasteiger partial charge in [-0.2, -0.15) is 0 Å². The van der Waals surface area contributed by atoms with E-state index in [2.05, 4.69) is 16.4 Å². The van der Waals surface area contributed by atoms with Crippen molar-refractivity contribution in [3.05, 3.63) is 47.2 Å². The number of aryl methyl sites for hydroxylation is 1. The van der Waals surface area contributed by atoms with E-state index in [0.717, 1.165) is 41.4 Å². The fraction of sp³-hybridized carbons (Fsp3) is 0.353. The number of hydrogen-bond acceptors (Lipinski definition) is 5. The summed E-state index contributed by atoms with van der Waals surface area (Å²) in [5.74, 6) is 2.45. The minimum atomic E-state index is 0.137. The average Bonchev–Trinajstić information content (AvgIpc) is 2.93. The molecule has 1 aromatic carbocycles. The lowest BCUT2D eigenvalue weighted by Gasteiger charge is -2.12. The van der Waals surface area contributed by atoms with Crippen LogP contribution in [0.3, 0.4) is 0 Å². The van der Waals surface area contributed by atoms with Crippen molar-refractivity contribution in [3.8, 4) is 11.5 Å². The highest BCUT2D eigenvalue weighted by Gasteiger charge is 2.20. The van der Waals surface area contributed by atoms with E-state index in [1.54, 1.807) is 14.2 Å². The molecule has 0 saturated heterocycles. The van der Waals surface area contributed by atoms with Gasteiger partial charge in [0.2, 0.25) is 0 Å². The number of nitrogens with zero attached hydrogens (tertiary/aromatic N) is 1. The van der Waals surface area contributed by atoms with E-state index in [1.165, 1.54) is 5.56 Å². The van der Waals surface area contributed by atoms with Crippen LogP contribution >= 0.6 is 0 Å². The Hall–Kier alpha value is -2.27. The SMILES string of the molecule is COc1ccc(CNc2ccc3c(n2)CCC3N)c(OC)c1. The molecule has 0 saturated carbocycles. The third-order valence-electron chi connectivity index (χ3n) is 4.06. The lowest BCUT2D eigenvalue weighted by molar-refractivity contribution is 0.391. The van der Waals surface area contributed by atoms with Gasteiger partial charge in [-0.1, -0.05) is 6.07 Å². The molecule has 1 unspecified atom stereocenters. The summed E-state index contributed by atoms with van der Waals surface area (Å²) >= 11 is 0. The maximum atomic E-state index is 6.04. The summed E-state index contributed by atoms with van der Waals surface area (Å²) in [4.78, 5) is 4.65. The Morgan fingerprint density at radius 1 is 1.23 bits per heavy atom. The number of pyridine rings is 1. The molecule has 0 aliphatic heterocycles. The van der Waals surface area contributed by atoms with Gasteiger partial charge < -0.3 is 20.5 Å². The highest BCUT2D eigenvalue weighted by atomic mass is 16.5. The van der Waals surface area contributed by atoms with Crippen molar-refractivity contribution in [2.24, 2.45) is 5.73 Å². The van der Waals surface area contributed by atoms with Gasteiger partial charge in [0.15, 0.2) is 0 Å². The Morgan fingerprint density at radius 2 is 2.09 bits per heavy atom. The van der Waals surface area contributed by atoms with Crippen molar-refractivity contribution in [3.63, 3.8) is 0 Å². The zero-order valence-corrected chi connectivity index (χ0v) is 12.9. The fourth-order valence-corrected chi connectivity index (χ4v) is 2.78. The van der Waals surface area contributed by atoms with Crippen molar-refractivity contribution < 1.29 is 9.47 Å². The Balaban J connectivity index is 1.73. The predicted molar refractivity (Wildman–Crippen MR) is 86.4 cm³/mol. The topological polar surface area (TPSA) is 69.4 Å². The normalized spacial score (nSPS) is 16.2. The van der Waals surface area contributed by atoms with E-state index in [1.807, 2.05) is 24.3 Å². The molecule has 1 heterocycles. The molecule has 0 fully saturated rings. The molecule has 5 heteroatoms. The Bertz CT molecular complexity index is 673. The van der Waals surface area contributed by atoms with Crippen LogP contribution in [-0.2, 0) is 13.0 Å². The van der Waals surface area contributed by atoms with Gasteiger partial charge in [0.1, 0.15) is 17.3 Å². The van der Waals surface area contributed by atoms with E-state index in [-0.39, 0.29) is 6.04 Å². The number of anilines is 1. The molecule has 3 rings (SSSR count). The van der Waals surface area contributed by atoms with Crippen molar-refractivity contribution in [1.29, 1.82) is 0 Å². The van der Waals surface area contributed by atoms with Crippen LogP contribution in [0.4, 0.5) is 5.82 Å². The van der Waals surface area contributed by atoms with Gasteiger partial charge in [-0.25, -0.2) is 4.98 Å². The van der Waals surface area contributed by atoms with E-state index >= 15 is 0 Å². The largest absolute Gasteiger partial charge is 0.497 e. The monoisotopic (exact) mass is 299 g/mol. The number of fused-ring (bicyclic) bond motifs is 1. The smallest absolute Gasteiger partial charge is 0.127 e. The van der Waals surface area contributed by atoms with Crippen LogP contribution in [0, 0.1) is 0 Å². The number of benzene rings is 1. The molecule has 1 aromatic heterocycles. The number of methoxy groups -OCH3 is 2.